The number of nitrogens with one attached hydrogen (secondary N) is 2. The Hall–Kier alpha value is -2.34. The summed E-state index contributed by atoms with van der Waals surface area (Å²) in [5, 5.41) is 7.50. The molecule has 0 radical (unpaired) electrons. The Labute approximate surface area is 136 Å². The van der Waals surface area contributed by atoms with E-state index in [1.807, 2.05) is 6.20 Å². The van der Waals surface area contributed by atoms with Gasteiger partial charge in [-0.05, 0) is 48.7 Å². The highest BCUT2D eigenvalue weighted by Gasteiger charge is 2.14. The molecule has 0 saturated heterocycles. The number of rotatable bonds is 5. The number of nitrogens with zero attached hydrogens (tertiary/aromatic N) is 1. The van der Waals surface area contributed by atoms with Crippen LogP contribution in [0.15, 0.2) is 28.9 Å². The lowest BCUT2D eigenvalue weighted by atomic mass is 10.1. The van der Waals surface area contributed by atoms with E-state index in [4.69, 9.17) is 16.1 Å². The van der Waals surface area contributed by atoms with Crippen LogP contribution in [0.2, 0.25) is 5.22 Å². The van der Waals surface area contributed by atoms with Crippen LogP contribution in [0, 0.1) is 12.7 Å². The zero-order valence-electron chi connectivity index (χ0n) is 12.5. The fraction of sp³-hybridized carbons (Fsp3) is 0.250. The van der Waals surface area contributed by atoms with Crippen LogP contribution in [0.5, 0.6) is 0 Å². The third kappa shape index (κ3) is 3.37. The first-order chi connectivity index (χ1) is 11.0. The largest absolute Gasteiger partial charge is 0.361 e. The lowest BCUT2D eigenvalue weighted by Gasteiger charge is -2.04. The Balaban J connectivity index is 1.58. The van der Waals surface area contributed by atoms with Crippen molar-refractivity contribution in [1.29, 1.82) is 0 Å². The lowest BCUT2D eigenvalue weighted by Crippen LogP contribution is -2.27. The minimum atomic E-state index is -0.278. The summed E-state index contributed by atoms with van der Waals surface area (Å²) in [6, 6.07) is 4.60. The van der Waals surface area contributed by atoms with E-state index >= 15 is 0 Å². The molecule has 0 unspecified atom stereocenters. The number of aryl methyl sites for hydroxylation is 1. The molecule has 0 fully saturated rings. The van der Waals surface area contributed by atoms with Crippen molar-refractivity contribution in [3.63, 3.8) is 0 Å². The second kappa shape index (κ2) is 6.42. The number of fused-ring (bicyclic) bond motifs is 1. The average molecular weight is 336 g/mol. The Morgan fingerprint density at radius 3 is 3.04 bits per heavy atom. The van der Waals surface area contributed by atoms with Gasteiger partial charge in [-0.15, -0.1) is 0 Å². The highest BCUT2D eigenvalue weighted by molar-refractivity contribution is 6.29. The van der Waals surface area contributed by atoms with Gasteiger partial charge in [-0.3, -0.25) is 4.79 Å². The molecular formula is C16H15ClFN3O2. The number of amides is 1. The molecular weight excluding hydrogens is 321 g/mol. The smallest absolute Gasteiger partial charge is 0.229 e. The molecule has 0 aliphatic rings. The molecule has 1 aromatic carbocycles. The fourth-order valence-corrected chi connectivity index (χ4v) is 2.71. The number of carbonyl (C=O) groups is 1. The molecule has 0 atom stereocenters. The van der Waals surface area contributed by atoms with Gasteiger partial charge in [0.2, 0.25) is 11.1 Å². The van der Waals surface area contributed by atoms with Gasteiger partial charge >= 0.3 is 0 Å². The molecule has 23 heavy (non-hydrogen) atoms. The maximum atomic E-state index is 13.3. The van der Waals surface area contributed by atoms with Crippen molar-refractivity contribution in [3.05, 3.63) is 52.3 Å². The van der Waals surface area contributed by atoms with Crippen LogP contribution in [0.25, 0.3) is 10.9 Å². The predicted molar refractivity (Wildman–Crippen MR) is 84.9 cm³/mol. The van der Waals surface area contributed by atoms with Crippen LogP contribution in [-0.4, -0.2) is 22.6 Å². The number of aromatic amines is 1. The van der Waals surface area contributed by atoms with E-state index < -0.39 is 0 Å². The SMILES string of the molecule is Cc1noc(Cl)c1CC(=O)NCCc1c[nH]c2ccc(F)cc12. The summed E-state index contributed by atoms with van der Waals surface area (Å²) >= 11 is 5.84. The Kier molecular flexibility index (Phi) is 4.34. The molecule has 1 amide bonds. The molecule has 7 heteroatoms. The van der Waals surface area contributed by atoms with Gasteiger partial charge in [-0.2, -0.15) is 0 Å². The van der Waals surface area contributed by atoms with Gasteiger partial charge < -0.3 is 14.8 Å². The van der Waals surface area contributed by atoms with Gasteiger partial charge in [0.15, 0.2) is 0 Å². The molecule has 3 aromatic rings. The maximum Gasteiger partial charge on any atom is 0.229 e. The average Bonchev–Trinajstić information content (AvgIpc) is 3.05. The number of carbonyl (C=O) groups excluding carboxylic acids is 1. The Morgan fingerprint density at radius 1 is 1.48 bits per heavy atom. The number of hydrogen-bond donors (Lipinski definition) is 2. The zero-order valence-corrected chi connectivity index (χ0v) is 13.2. The zero-order chi connectivity index (χ0) is 16.4. The van der Waals surface area contributed by atoms with Crippen molar-refractivity contribution in [3.8, 4) is 0 Å². The minimum absolute atomic E-state index is 0.122. The normalized spacial score (nSPS) is 11.1. The maximum absolute atomic E-state index is 13.3. The lowest BCUT2D eigenvalue weighted by molar-refractivity contribution is -0.120. The molecule has 0 aliphatic carbocycles. The molecule has 0 spiro atoms. The standard InChI is InChI=1S/C16H15ClFN3O2/c1-9-12(16(17)23-21-9)7-15(22)19-5-4-10-8-20-14-3-2-11(18)6-13(10)14/h2-3,6,8,20H,4-5,7H2,1H3,(H,19,22). The first kappa shape index (κ1) is 15.6. The van der Waals surface area contributed by atoms with Crippen molar-refractivity contribution in [1.82, 2.24) is 15.5 Å². The van der Waals surface area contributed by atoms with Gasteiger partial charge in [0.1, 0.15) is 5.82 Å². The second-order valence-corrected chi connectivity index (χ2v) is 5.64. The minimum Gasteiger partial charge on any atom is -0.361 e. The number of benzene rings is 1. The molecule has 0 bridgehead atoms. The topological polar surface area (TPSA) is 70.9 Å². The summed E-state index contributed by atoms with van der Waals surface area (Å²) in [5.41, 5.74) is 3.04. The van der Waals surface area contributed by atoms with Crippen molar-refractivity contribution in [2.75, 3.05) is 6.54 Å². The van der Waals surface area contributed by atoms with Gasteiger partial charge in [-0.1, -0.05) is 5.16 Å². The number of hydrogen-bond acceptors (Lipinski definition) is 3. The molecule has 0 saturated carbocycles. The van der Waals surface area contributed by atoms with Gasteiger partial charge in [0.05, 0.1) is 12.1 Å². The van der Waals surface area contributed by atoms with Crippen LogP contribution >= 0.6 is 11.6 Å². The Morgan fingerprint density at radius 2 is 2.30 bits per heavy atom. The second-order valence-electron chi connectivity index (χ2n) is 5.30. The quantitative estimate of drug-likeness (QED) is 0.752. The molecule has 0 aliphatic heterocycles. The molecule has 2 heterocycles. The summed E-state index contributed by atoms with van der Waals surface area (Å²) in [5.74, 6) is -0.441. The molecule has 120 valence electrons. The molecule has 2 aromatic heterocycles. The summed E-state index contributed by atoms with van der Waals surface area (Å²) in [6.45, 7) is 2.18. The predicted octanol–water partition coefficient (Wildman–Crippen LogP) is 3.16. The van der Waals surface area contributed by atoms with E-state index in [2.05, 4.69) is 15.5 Å². The number of aromatic nitrogens is 2. The molecule has 2 N–H and O–H groups in total. The van der Waals surface area contributed by atoms with Crippen molar-refractivity contribution < 1.29 is 13.7 Å². The summed E-state index contributed by atoms with van der Waals surface area (Å²) in [6.07, 6.45) is 2.56. The number of halogens is 2. The monoisotopic (exact) mass is 335 g/mol. The van der Waals surface area contributed by atoms with Crippen LogP contribution in [0.4, 0.5) is 4.39 Å². The van der Waals surface area contributed by atoms with Gasteiger partial charge in [0.25, 0.3) is 0 Å². The number of H-pyrrole nitrogens is 1. The third-order valence-electron chi connectivity index (χ3n) is 3.72. The first-order valence-corrected chi connectivity index (χ1v) is 7.55. The van der Waals surface area contributed by atoms with E-state index in [1.165, 1.54) is 12.1 Å². The van der Waals surface area contributed by atoms with Crippen molar-refractivity contribution >= 4 is 28.4 Å². The van der Waals surface area contributed by atoms with Gasteiger partial charge in [-0.25, -0.2) is 4.39 Å². The summed E-state index contributed by atoms with van der Waals surface area (Å²) < 4.78 is 18.1. The van der Waals surface area contributed by atoms with Crippen LogP contribution in [0.3, 0.4) is 0 Å². The highest BCUT2D eigenvalue weighted by Crippen LogP contribution is 2.20. The summed E-state index contributed by atoms with van der Waals surface area (Å²) in [4.78, 5) is 15.0. The fourth-order valence-electron chi connectivity index (χ4n) is 2.48. The van der Waals surface area contributed by atoms with Crippen molar-refractivity contribution in [2.24, 2.45) is 0 Å². The summed E-state index contributed by atoms with van der Waals surface area (Å²) in [7, 11) is 0. The van der Waals surface area contributed by atoms with E-state index in [0.29, 0.717) is 24.2 Å². The van der Waals surface area contributed by atoms with E-state index in [-0.39, 0.29) is 23.4 Å². The van der Waals surface area contributed by atoms with Crippen LogP contribution in [-0.2, 0) is 17.6 Å². The highest BCUT2D eigenvalue weighted by atomic mass is 35.5. The molecule has 3 rings (SSSR count). The van der Waals surface area contributed by atoms with Crippen LogP contribution in [0.1, 0.15) is 16.8 Å². The van der Waals surface area contributed by atoms with Crippen molar-refractivity contribution in [2.45, 2.75) is 19.8 Å². The molecule has 5 nitrogen and oxygen atoms in total. The Bertz CT molecular complexity index is 837. The van der Waals surface area contributed by atoms with E-state index in [1.54, 1.807) is 13.0 Å². The first-order valence-electron chi connectivity index (χ1n) is 7.17. The van der Waals surface area contributed by atoms with E-state index in [9.17, 15) is 9.18 Å². The van der Waals surface area contributed by atoms with Crippen LogP contribution < -0.4 is 5.32 Å². The van der Waals surface area contributed by atoms with Gasteiger partial charge in [0, 0.05) is 29.2 Å². The third-order valence-corrected chi connectivity index (χ3v) is 4.02. The van der Waals surface area contributed by atoms with E-state index in [0.717, 1.165) is 16.5 Å².